The summed E-state index contributed by atoms with van der Waals surface area (Å²) < 4.78 is 18.0. The van der Waals surface area contributed by atoms with Crippen LogP contribution in [0.15, 0.2) is 30.9 Å². The maximum atomic E-state index is 13.2. The summed E-state index contributed by atoms with van der Waals surface area (Å²) in [4.78, 5) is 11.3. The van der Waals surface area contributed by atoms with E-state index in [1.165, 1.54) is 19.2 Å². The Morgan fingerprint density at radius 3 is 2.87 bits per heavy atom. The molecule has 0 aliphatic heterocycles. The van der Waals surface area contributed by atoms with E-state index >= 15 is 0 Å². The first-order valence-corrected chi connectivity index (χ1v) is 4.62. The van der Waals surface area contributed by atoms with Crippen LogP contribution in [0, 0.1) is 5.82 Å². The lowest BCUT2D eigenvalue weighted by Gasteiger charge is -2.04. The maximum absolute atomic E-state index is 13.2. The predicted octanol–water partition coefficient (Wildman–Crippen LogP) is 2.52. The number of Topliss-reactive ketones (excluding diaryl/α,β-unsaturated/α-hetero) is 1. The third-order valence-electron chi connectivity index (χ3n) is 1.99. The number of ketones is 1. The summed E-state index contributed by atoms with van der Waals surface area (Å²) in [7, 11) is 1.40. The lowest BCUT2D eigenvalue weighted by molar-refractivity contribution is -0.117. The zero-order valence-electron chi connectivity index (χ0n) is 8.63. The molecule has 0 atom stereocenters. The van der Waals surface area contributed by atoms with Crippen LogP contribution in [-0.4, -0.2) is 12.9 Å². The zero-order chi connectivity index (χ0) is 11.3. The average molecular weight is 208 g/mol. The van der Waals surface area contributed by atoms with Gasteiger partial charge in [-0.25, -0.2) is 4.39 Å². The largest absolute Gasteiger partial charge is 0.494 e. The Balaban J connectivity index is 2.75. The molecule has 2 nitrogen and oxygen atoms in total. The van der Waals surface area contributed by atoms with Gasteiger partial charge in [-0.2, -0.15) is 0 Å². The van der Waals surface area contributed by atoms with E-state index in [0.29, 0.717) is 12.0 Å². The molecule has 0 amide bonds. The van der Waals surface area contributed by atoms with Gasteiger partial charge in [0.15, 0.2) is 11.6 Å². The van der Waals surface area contributed by atoms with E-state index in [1.54, 1.807) is 12.1 Å². The van der Waals surface area contributed by atoms with Gasteiger partial charge in [-0.15, -0.1) is 6.58 Å². The number of carbonyl (C=O) groups excluding carboxylic acids is 1. The van der Waals surface area contributed by atoms with Gasteiger partial charge in [0.25, 0.3) is 0 Å². The number of hydrogen-bond acceptors (Lipinski definition) is 2. The molecule has 0 aromatic heterocycles. The molecule has 0 heterocycles. The number of ether oxygens (including phenoxy) is 1. The lowest BCUT2D eigenvalue weighted by atomic mass is 10.1. The van der Waals surface area contributed by atoms with Crippen molar-refractivity contribution < 1.29 is 13.9 Å². The fourth-order valence-corrected chi connectivity index (χ4v) is 1.28. The summed E-state index contributed by atoms with van der Waals surface area (Å²) in [6.45, 7) is 3.47. The summed E-state index contributed by atoms with van der Waals surface area (Å²) in [5, 5.41) is 0. The first-order chi connectivity index (χ1) is 7.17. The molecular formula is C12H13FO2. The van der Waals surface area contributed by atoms with Gasteiger partial charge in [0.1, 0.15) is 5.78 Å². The highest BCUT2D eigenvalue weighted by molar-refractivity contribution is 5.82. The lowest BCUT2D eigenvalue weighted by Crippen LogP contribution is -2.01. The average Bonchev–Trinajstić information content (AvgIpc) is 2.18. The molecular weight excluding hydrogens is 195 g/mol. The normalized spacial score (nSPS) is 9.73. The predicted molar refractivity (Wildman–Crippen MR) is 56.5 cm³/mol. The van der Waals surface area contributed by atoms with Gasteiger partial charge in [0.05, 0.1) is 7.11 Å². The molecule has 0 aliphatic carbocycles. The van der Waals surface area contributed by atoms with Crippen LogP contribution >= 0.6 is 0 Å². The molecule has 0 N–H and O–H groups in total. The molecule has 0 radical (unpaired) electrons. The third kappa shape index (κ3) is 3.20. The number of hydrogen-bond donors (Lipinski definition) is 0. The number of methoxy groups -OCH3 is 1. The van der Waals surface area contributed by atoms with Gasteiger partial charge in [0.2, 0.25) is 0 Å². The second-order valence-electron chi connectivity index (χ2n) is 3.18. The summed E-state index contributed by atoms with van der Waals surface area (Å²) in [5.41, 5.74) is 0.653. The van der Waals surface area contributed by atoms with Crippen molar-refractivity contribution >= 4 is 5.78 Å². The van der Waals surface area contributed by atoms with Crippen LogP contribution in [0.1, 0.15) is 12.0 Å². The van der Waals surface area contributed by atoms with Crippen LogP contribution in [0.2, 0.25) is 0 Å². The highest BCUT2D eigenvalue weighted by Gasteiger charge is 2.06. The maximum Gasteiger partial charge on any atom is 0.165 e. The minimum Gasteiger partial charge on any atom is -0.494 e. The minimum atomic E-state index is -0.443. The molecule has 1 rings (SSSR count). The van der Waals surface area contributed by atoms with Crippen molar-refractivity contribution in [2.24, 2.45) is 0 Å². The number of benzene rings is 1. The van der Waals surface area contributed by atoms with Gasteiger partial charge in [-0.3, -0.25) is 4.79 Å². The quantitative estimate of drug-likeness (QED) is 0.695. The van der Waals surface area contributed by atoms with Crippen molar-refractivity contribution in [1.29, 1.82) is 0 Å². The molecule has 0 unspecified atom stereocenters. The minimum absolute atomic E-state index is 0.0227. The highest BCUT2D eigenvalue weighted by Crippen LogP contribution is 2.18. The van der Waals surface area contributed by atoms with Crippen LogP contribution in [0.3, 0.4) is 0 Å². The molecule has 80 valence electrons. The van der Waals surface area contributed by atoms with Crippen LogP contribution in [0.25, 0.3) is 0 Å². The van der Waals surface area contributed by atoms with Crippen molar-refractivity contribution in [2.75, 3.05) is 7.11 Å². The number of allylic oxidation sites excluding steroid dienone is 1. The van der Waals surface area contributed by atoms with E-state index < -0.39 is 5.82 Å². The first kappa shape index (κ1) is 11.4. The number of halogens is 1. The second-order valence-corrected chi connectivity index (χ2v) is 3.18. The van der Waals surface area contributed by atoms with Crippen LogP contribution in [0.4, 0.5) is 4.39 Å². The van der Waals surface area contributed by atoms with Gasteiger partial charge in [-0.05, 0) is 17.7 Å². The second kappa shape index (κ2) is 5.29. The van der Waals surface area contributed by atoms with E-state index in [2.05, 4.69) is 6.58 Å². The Morgan fingerprint density at radius 2 is 2.33 bits per heavy atom. The van der Waals surface area contributed by atoms with Gasteiger partial charge in [-0.1, -0.05) is 12.1 Å². The monoisotopic (exact) mass is 208 g/mol. The van der Waals surface area contributed by atoms with Crippen molar-refractivity contribution in [3.05, 3.63) is 42.2 Å². The van der Waals surface area contributed by atoms with Crippen molar-refractivity contribution in [1.82, 2.24) is 0 Å². The van der Waals surface area contributed by atoms with Crippen molar-refractivity contribution in [3.8, 4) is 5.75 Å². The molecule has 15 heavy (non-hydrogen) atoms. The fraction of sp³-hybridized carbons (Fsp3) is 0.250. The summed E-state index contributed by atoms with van der Waals surface area (Å²) in [6, 6.07) is 4.52. The molecule has 0 saturated heterocycles. The topological polar surface area (TPSA) is 26.3 Å². The molecule has 1 aromatic rings. The van der Waals surface area contributed by atoms with Crippen LogP contribution < -0.4 is 4.74 Å². The molecule has 0 aliphatic rings. The summed E-state index contributed by atoms with van der Waals surface area (Å²) >= 11 is 0. The van der Waals surface area contributed by atoms with E-state index in [0.717, 1.165) is 0 Å². The van der Waals surface area contributed by atoms with Gasteiger partial charge in [0, 0.05) is 12.8 Å². The standard InChI is InChI=1S/C12H13FO2/c1-3-4-10(14)7-9-5-6-12(15-2)11(13)8-9/h3,5-6,8H,1,4,7H2,2H3. The van der Waals surface area contributed by atoms with Crippen LogP contribution in [-0.2, 0) is 11.2 Å². The Hall–Kier alpha value is -1.64. The molecule has 3 heteroatoms. The molecule has 0 spiro atoms. The molecule has 0 saturated carbocycles. The van der Waals surface area contributed by atoms with E-state index in [4.69, 9.17) is 4.74 Å². The Kier molecular flexibility index (Phi) is 4.03. The van der Waals surface area contributed by atoms with Gasteiger partial charge < -0.3 is 4.74 Å². The third-order valence-corrected chi connectivity index (χ3v) is 1.99. The van der Waals surface area contributed by atoms with E-state index in [-0.39, 0.29) is 18.0 Å². The number of rotatable bonds is 5. The fourth-order valence-electron chi connectivity index (χ4n) is 1.28. The number of carbonyl (C=O) groups is 1. The Morgan fingerprint density at radius 1 is 1.60 bits per heavy atom. The molecule has 0 fully saturated rings. The Bertz CT molecular complexity index is 372. The molecule has 0 bridgehead atoms. The zero-order valence-corrected chi connectivity index (χ0v) is 8.63. The van der Waals surface area contributed by atoms with Crippen LogP contribution in [0.5, 0.6) is 5.75 Å². The SMILES string of the molecule is C=CCC(=O)Cc1ccc(OC)c(F)c1. The van der Waals surface area contributed by atoms with Gasteiger partial charge >= 0.3 is 0 Å². The van der Waals surface area contributed by atoms with E-state index in [1.807, 2.05) is 0 Å². The van der Waals surface area contributed by atoms with Crippen molar-refractivity contribution in [2.45, 2.75) is 12.8 Å². The summed E-state index contributed by atoms with van der Waals surface area (Å²) in [6.07, 6.45) is 2.09. The molecule has 1 aromatic carbocycles. The van der Waals surface area contributed by atoms with E-state index in [9.17, 15) is 9.18 Å². The smallest absolute Gasteiger partial charge is 0.165 e. The highest BCUT2D eigenvalue weighted by atomic mass is 19.1. The Labute approximate surface area is 88.4 Å². The van der Waals surface area contributed by atoms with Crippen molar-refractivity contribution in [3.63, 3.8) is 0 Å². The summed E-state index contributed by atoms with van der Waals surface area (Å²) in [5.74, 6) is -0.231. The first-order valence-electron chi connectivity index (χ1n) is 4.62.